The molecule has 0 fully saturated rings. The Morgan fingerprint density at radius 1 is 1.04 bits per heavy atom. The number of halogens is 3. The maximum absolute atomic E-state index is 13.5. The van der Waals surface area contributed by atoms with Crippen LogP contribution in [0.5, 0.6) is 0 Å². The highest BCUT2D eigenvalue weighted by molar-refractivity contribution is 5.98. The Bertz CT molecular complexity index is 1050. The van der Waals surface area contributed by atoms with Crippen LogP contribution < -0.4 is 5.32 Å². The van der Waals surface area contributed by atoms with E-state index in [4.69, 9.17) is 4.74 Å². The molecular weight excluding hydrogens is 361 g/mol. The number of hydrogen-bond donors (Lipinski definition) is 1. The number of aryl methyl sites for hydroxylation is 1. The molecule has 138 valence electrons. The molecule has 0 saturated heterocycles. The number of anilines is 1. The Kier molecular flexibility index (Phi) is 5.07. The van der Waals surface area contributed by atoms with Crippen molar-refractivity contribution in [3.05, 3.63) is 71.2 Å². The highest BCUT2D eigenvalue weighted by Crippen LogP contribution is 2.19. The summed E-state index contributed by atoms with van der Waals surface area (Å²) >= 11 is 0. The highest BCUT2D eigenvalue weighted by atomic mass is 19.1. The van der Waals surface area contributed by atoms with E-state index >= 15 is 0 Å². The summed E-state index contributed by atoms with van der Waals surface area (Å²) in [4.78, 5) is 28.2. The summed E-state index contributed by atoms with van der Waals surface area (Å²) in [6.45, 7) is 0.880. The first-order chi connectivity index (χ1) is 12.8. The van der Waals surface area contributed by atoms with Gasteiger partial charge in [0.25, 0.3) is 5.91 Å². The number of rotatable bonds is 4. The molecule has 0 atom stereocenters. The Morgan fingerprint density at radius 2 is 1.74 bits per heavy atom. The van der Waals surface area contributed by atoms with Crippen molar-refractivity contribution >= 4 is 28.5 Å². The predicted molar refractivity (Wildman–Crippen MR) is 91.7 cm³/mol. The molecule has 0 aliphatic rings. The number of esters is 1. The molecule has 0 aliphatic carbocycles. The summed E-state index contributed by atoms with van der Waals surface area (Å²) in [5, 5.41) is 2.71. The van der Waals surface area contributed by atoms with Gasteiger partial charge in [0.2, 0.25) is 0 Å². The molecule has 2 aromatic carbocycles. The van der Waals surface area contributed by atoms with E-state index < -0.39 is 35.9 Å². The van der Waals surface area contributed by atoms with Gasteiger partial charge in [-0.15, -0.1) is 0 Å². The first-order valence-electron chi connectivity index (χ1n) is 7.82. The third kappa shape index (κ3) is 4.22. The van der Waals surface area contributed by atoms with Crippen LogP contribution in [0.3, 0.4) is 0 Å². The van der Waals surface area contributed by atoms with Crippen LogP contribution in [0.25, 0.3) is 10.9 Å². The summed E-state index contributed by atoms with van der Waals surface area (Å²) in [5.41, 5.74) is 0.578. The fourth-order valence-corrected chi connectivity index (χ4v) is 2.43. The van der Waals surface area contributed by atoms with E-state index in [2.05, 4.69) is 10.3 Å². The lowest BCUT2D eigenvalue weighted by Crippen LogP contribution is -2.22. The number of hydrogen-bond acceptors (Lipinski definition) is 4. The third-order valence-electron chi connectivity index (χ3n) is 3.73. The molecule has 5 nitrogen and oxygen atoms in total. The lowest BCUT2D eigenvalue weighted by atomic mass is 10.1. The van der Waals surface area contributed by atoms with Crippen LogP contribution >= 0.6 is 0 Å². The number of pyridine rings is 1. The van der Waals surface area contributed by atoms with Gasteiger partial charge < -0.3 is 10.1 Å². The highest BCUT2D eigenvalue weighted by Gasteiger charge is 2.16. The standard InChI is InChI=1S/C19H13F3N2O3/c1-10-14(6-11-2-3-13(21)8-17(11)23-10)19(26)27-9-18(25)24-16-5-4-12(20)7-15(16)22/h2-8H,9H2,1H3,(H,24,25). The molecule has 0 saturated carbocycles. The zero-order chi connectivity index (χ0) is 19.6. The Balaban J connectivity index is 1.68. The summed E-state index contributed by atoms with van der Waals surface area (Å²) < 4.78 is 44.5. The van der Waals surface area contributed by atoms with Crippen LogP contribution in [0.2, 0.25) is 0 Å². The fraction of sp³-hybridized carbons (Fsp3) is 0.105. The van der Waals surface area contributed by atoms with Crippen LogP contribution in [0.4, 0.5) is 18.9 Å². The number of nitrogens with zero attached hydrogens (tertiary/aromatic N) is 1. The van der Waals surface area contributed by atoms with Gasteiger partial charge in [0.1, 0.15) is 17.5 Å². The minimum atomic E-state index is -0.948. The number of ether oxygens (including phenoxy) is 1. The van der Waals surface area contributed by atoms with Crippen LogP contribution in [0.15, 0.2) is 42.5 Å². The van der Waals surface area contributed by atoms with Gasteiger partial charge in [-0.2, -0.15) is 0 Å². The number of aromatic nitrogens is 1. The SMILES string of the molecule is Cc1nc2cc(F)ccc2cc1C(=O)OCC(=O)Nc1ccc(F)cc1F. The fourth-order valence-electron chi connectivity index (χ4n) is 2.43. The van der Waals surface area contributed by atoms with Crippen molar-refractivity contribution in [3.63, 3.8) is 0 Å². The topological polar surface area (TPSA) is 68.3 Å². The number of carbonyl (C=O) groups excluding carboxylic acids is 2. The molecule has 1 amide bonds. The van der Waals surface area contributed by atoms with Crippen molar-refractivity contribution in [2.45, 2.75) is 6.92 Å². The second-order valence-corrected chi connectivity index (χ2v) is 5.71. The molecule has 1 heterocycles. The van der Waals surface area contributed by atoms with Crippen LogP contribution in [0, 0.1) is 24.4 Å². The number of nitrogens with one attached hydrogen (secondary N) is 1. The minimum absolute atomic E-state index is 0.120. The summed E-state index contributed by atoms with van der Waals surface area (Å²) in [5.74, 6) is -3.77. The van der Waals surface area contributed by atoms with Crippen molar-refractivity contribution in [2.24, 2.45) is 0 Å². The third-order valence-corrected chi connectivity index (χ3v) is 3.73. The minimum Gasteiger partial charge on any atom is -0.452 e. The molecule has 3 aromatic rings. The zero-order valence-electron chi connectivity index (χ0n) is 14.1. The van der Waals surface area contributed by atoms with Crippen molar-refractivity contribution in [1.82, 2.24) is 4.98 Å². The normalized spacial score (nSPS) is 10.7. The average molecular weight is 374 g/mol. The van der Waals surface area contributed by atoms with E-state index in [-0.39, 0.29) is 11.3 Å². The quantitative estimate of drug-likeness (QED) is 0.706. The Labute approximate surface area is 151 Å². The smallest absolute Gasteiger partial charge is 0.340 e. The van der Waals surface area contributed by atoms with E-state index in [9.17, 15) is 22.8 Å². The van der Waals surface area contributed by atoms with E-state index in [1.165, 1.54) is 24.3 Å². The van der Waals surface area contributed by atoms with Crippen LogP contribution in [-0.4, -0.2) is 23.5 Å². The summed E-state index contributed by atoms with van der Waals surface area (Å²) in [6.07, 6.45) is 0. The zero-order valence-corrected chi connectivity index (χ0v) is 14.1. The number of benzene rings is 2. The van der Waals surface area contributed by atoms with Gasteiger partial charge in [0.15, 0.2) is 6.61 Å². The molecule has 0 spiro atoms. The van der Waals surface area contributed by atoms with E-state index in [0.717, 1.165) is 12.1 Å². The van der Waals surface area contributed by atoms with Crippen molar-refractivity contribution in [2.75, 3.05) is 11.9 Å². The van der Waals surface area contributed by atoms with Gasteiger partial charge >= 0.3 is 5.97 Å². The number of amides is 1. The van der Waals surface area contributed by atoms with Crippen molar-refractivity contribution in [1.29, 1.82) is 0 Å². The van der Waals surface area contributed by atoms with Crippen molar-refractivity contribution in [3.8, 4) is 0 Å². The Hall–Kier alpha value is -3.42. The number of fused-ring (bicyclic) bond motifs is 1. The van der Waals surface area contributed by atoms with E-state index in [1.54, 1.807) is 6.92 Å². The van der Waals surface area contributed by atoms with Gasteiger partial charge in [0, 0.05) is 17.5 Å². The second-order valence-electron chi connectivity index (χ2n) is 5.71. The molecule has 1 N–H and O–H groups in total. The summed E-state index contributed by atoms with van der Waals surface area (Å²) in [7, 11) is 0. The predicted octanol–water partition coefficient (Wildman–Crippen LogP) is 3.76. The molecule has 8 heteroatoms. The van der Waals surface area contributed by atoms with Crippen LogP contribution in [-0.2, 0) is 9.53 Å². The van der Waals surface area contributed by atoms with E-state index in [0.29, 0.717) is 22.7 Å². The van der Waals surface area contributed by atoms with Crippen molar-refractivity contribution < 1.29 is 27.5 Å². The van der Waals surface area contributed by atoms with Gasteiger partial charge in [-0.3, -0.25) is 9.78 Å². The van der Waals surface area contributed by atoms with Crippen LogP contribution in [0.1, 0.15) is 16.1 Å². The van der Waals surface area contributed by atoms with Gasteiger partial charge in [-0.25, -0.2) is 18.0 Å². The lowest BCUT2D eigenvalue weighted by molar-refractivity contribution is -0.119. The maximum atomic E-state index is 13.5. The lowest BCUT2D eigenvalue weighted by Gasteiger charge is -2.09. The molecule has 1 aromatic heterocycles. The molecule has 3 rings (SSSR count). The van der Waals surface area contributed by atoms with Gasteiger partial charge in [-0.1, -0.05) is 0 Å². The second kappa shape index (κ2) is 7.45. The molecule has 0 aliphatic heterocycles. The van der Waals surface area contributed by atoms with Gasteiger partial charge in [-0.05, 0) is 37.3 Å². The number of carbonyl (C=O) groups is 2. The molecular formula is C19H13F3N2O3. The molecule has 0 radical (unpaired) electrons. The summed E-state index contributed by atoms with van der Waals surface area (Å²) in [6, 6.07) is 8.09. The Morgan fingerprint density at radius 3 is 2.48 bits per heavy atom. The van der Waals surface area contributed by atoms with Gasteiger partial charge in [0.05, 0.1) is 22.5 Å². The molecule has 27 heavy (non-hydrogen) atoms. The average Bonchev–Trinajstić information content (AvgIpc) is 2.61. The molecule has 0 bridgehead atoms. The molecule has 0 unspecified atom stereocenters. The first-order valence-corrected chi connectivity index (χ1v) is 7.82. The van der Waals surface area contributed by atoms with E-state index in [1.807, 2.05) is 0 Å². The largest absolute Gasteiger partial charge is 0.452 e. The maximum Gasteiger partial charge on any atom is 0.340 e. The first kappa shape index (κ1) is 18.4. The monoisotopic (exact) mass is 374 g/mol.